The van der Waals surface area contributed by atoms with Gasteiger partial charge >= 0.3 is 0 Å². The Morgan fingerprint density at radius 1 is 1.05 bits per heavy atom. The van der Waals surface area contributed by atoms with Gasteiger partial charge in [-0.1, -0.05) is 18.2 Å². The first kappa shape index (κ1) is 15.4. The molecule has 2 heterocycles. The minimum Gasteiger partial charge on any atom is -0.347 e. The van der Waals surface area contributed by atoms with E-state index in [4.69, 9.17) is 0 Å². The number of carbonyl (C=O) groups excluding carboxylic acids is 2. The standard InChI is InChI=1S/C16H16N4O2/c1-2-9-18-15(21)13-7-5-8-14(20-13)16(22)19-11-12-6-3-4-10-17-12/h2-8,10H,1,9,11H2,(H,18,21)(H,19,22). The lowest BCUT2D eigenvalue weighted by molar-refractivity contribution is 0.0943. The fraction of sp³-hybridized carbons (Fsp3) is 0.125. The highest BCUT2D eigenvalue weighted by Crippen LogP contribution is 2.01. The van der Waals surface area contributed by atoms with E-state index in [-0.39, 0.29) is 23.2 Å². The SMILES string of the molecule is C=CCNC(=O)c1cccc(C(=O)NCc2ccccn2)n1. The van der Waals surface area contributed by atoms with Crippen LogP contribution < -0.4 is 10.6 Å². The maximum Gasteiger partial charge on any atom is 0.270 e. The first-order chi connectivity index (χ1) is 10.7. The second-order valence-electron chi connectivity index (χ2n) is 4.41. The topological polar surface area (TPSA) is 84.0 Å². The summed E-state index contributed by atoms with van der Waals surface area (Å²) in [4.78, 5) is 32.0. The molecule has 6 nitrogen and oxygen atoms in total. The molecule has 0 unspecified atom stereocenters. The molecule has 0 radical (unpaired) electrons. The molecule has 112 valence electrons. The van der Waals surface area contributed by atoms with E-state index in [0.717, 1.165) is 5.69 Å². The molecule has 0 bridgehead atoms. The van der Waals surface area contributed by atoms with E-state index in [1.807, 2.05) is 12.1 Å². The minimum absolute atomic E-state index is 0.183. The zero-order valence-corrected chi connectivity index (χ0v) is 12.0. The first-order valence-electron chi connectivity index (χ1n) is 6.75. The molecule has 0 spiro atoms. The lowest BCUT2D eigenvalue weighted by atomic mass is 10.2. The highest BCUT2D eigenvalue weighted by Gasteiger charge is 2.11. The van der Waals surface area contributed by atoms with Gasteiger partial charge in [0.1, 0.15) is 11.4 Å². The fourth-order valence-electron chi connectivity index (χ4n) is 1.71. The van der Waals surface area contributed by atoms with Gasteiger partial charge in [0.25, 0.3) is 11.8 Å². The summed E-state index contributed by atoms with van der Waals surface area (Å²) >= 11 is 0. The molecular weight excluding hydrogens is 280 g/mol. The maximum atomic E-state index is 12.1. The predicted octanol–water partition coefficient (Wildman–Crippen LogP) is 1.32. The van der Waals surface area contributed by atoms with Crippen LogP contribution in [0.5, 0.6) is 0 Å². The van der Waals surface area contributed by atoms with Crippen molar-refractivity contribution in [3.05, 3.63) is 72.3 Å². The molecule has 2 rings (SSSR count). The van der Waals surface area contributed by atoms with E-state index in [1.54, 1.807) is 36.5 Å². The summed E-state index contributed by atoms with van der Waals surface area (Å²) in [6.45, 7) is 4.16. The summed E-state index contributed by atoms with van der Waals surface area (Å²) in [7, 11) is 0. The maximum absolute atomic E-state index is 12.1. The minimum atomic E-state index is -0.357. The number of pyridine rings is 2. The highest BCUT2D eigenvalue weighted by molar-refractivity contribution is 5.96. The van der Waals surface area contributed by atoms with Gasteiger partial charge in [0.05, 0.1) is 12.2 Å². The van der Waals surface area contributed by atoms with Crippen molar-refractivity contribution in [1.29, 1.82) is 0 Å². The Kier molecular flexibility index (Phi) is 5.37. The molecule has 6 heteroatoms. The van der Waals surface area contributed by atoms with E-state index < -0.39 is 0 Å². The molecule has 0 saturated carbocycles. The third kappa shape index (κ3) is 4.24. The van der Waals surface area contributed by atoms with Crippen LogP contribution in [0.4, 0.5) is 0 Å². The number of hydrogen-bond donors (Lipinski definition) is 2. The van der Waals surface area contributed by atoms with E-state index in [0.29, 0.717) is 13.1 Å². The number of nitrogens with zero attached hydrogens (tertiary/aromatic N) is 2. The monoisotopic (exact) mass is 296 g/mol. The lowest BCUT2D eigenvalue weighted by Gasteiger charge is -2.06. The van der Waals surface area contributed by atoms with Gasteiger partial charge in [0.15, 0.2) is 0 Å². The lowest BCUT2D eigenvalue weighted by Crippen LogP contribution is -2.27. The van der Waals surface area contributed by atoms with Gasteiger partial charge in [-0.05, 0) is 24.3 Å². The molecule has 0 aliphatic heterocycles. The van der Waals surface area contributed by atoms with Gasteiger partial charge in [-0.25, -0.2) is 4.98 Å². The Morgan fingerprint density at radius 2 is 1.77 bits per heavy atom. The van der Waals surface area contributed by atoms with Crippen molar-refractivity contribution >= 4 is 11.8 Å². The van der Waals surface area contributed by atoms with Crippen molar-refractivity contribution in [2.75, 3.05) is 6.54 Å². The molecule has 0 aliphatic carbocycles. The number of aromatic nitrogens is 2. The van der Waals surface area contributed by atoms with Crippen LogP contribution >= 0.6 is 0 Å². The second-order valence-corrected chi connectivity index (χ2v) is 4.41. The Hall–Kier alpha value is -3.02. The summed E-state index contributed by atoms with van der Waals surface area (Å²) in [5, 5.41) is 5.32. The van der Waals surface area contributed by atoms with Gasteiger partial charge in [-0.15, -0.1) is 6.58 Å². The van der Waals surface area contributed by atoms with Crippen LogP contribution in [0.3, 0.4) is 0 Å². The average molecular weight is 296 g/mol. The van der Waals surface area contributed by atoms with Crippen LogP contribution in [0.1, 0.15) is 26.7 Å². The zero-order valence-electron chi connectivity index (χ0n) is 12.0. The molecule has 2 amide bonds. The largest absolute Gasteiger partial charge is 0.347 e. The van der Waals surface area contributed by atoms with Gasteiger partial charge in [-0.2, -0.15) is 0 Å². The number of rotatable bonds is 6. The van der Waals surface area contributed by atoms with E-state index in [1.165, 1.54) is 0 Å². The Morgan fingerprint density at radius 3 is 2.41 bits per heavy atom. The molecule has 2 N–H and O–H groups in total. The van der Waals surface area contributed by atoms with E-state index in [2.05, 4.69) is 27.2 Å². The van der Waals surface area contributed by atoms with Crippen LogP contribution in [0.25, 0.3) is 0 Å². The molecular formula is C16H16N4O2. The van der Waals surface area contributed by atoms with Gasteiger partial charge < -0.3 is 10.6 Å². The molecule has 0 saturated heterocycles. The van der Waals surface area contributed by atoms with Crippen LogP contribution in [-0.2, 0) is 6.54 Å². The number of amides is 2. The van der Waals surface area contributed by atoms with Crippen LogP contribution in [-0.4, -0.2) is 28.3 Å². The van der Waals surface area contributed by atoms with Gasteiger partial charge in [0.2, 0.25) is 0 Å². The van der Waals surface area contributed by atoms with Crippen molar-refractivity contribution in [3.63, 3.8) is 0 Å². The molecule has 0 atom stereocenters. The van der Waals surface area contributed by atoms with Gasteiger partial charge in [-0.3, -0.25) is 14.6 Å². The Bertz CT molecular complexity index is 671. The van der Waals surface area contributed by atoms with Crippen molar-refractivity contribution < 1.29 is 9.59 Å². The Labute approximate surface area is 128 Å². The van der Waals surface area contributed by atoms with Crippen molar-refractivity contribution in [2.24, 2.45) is 0 Å². The molecule has 0 aromatic carbocycles. The summed E-state index contributed by atoms with van der Waals surface area (Å²) in [5.41, 5.74) is 1.12. The summed E-state index contributed by atoms with van der Waals surface area (Å²) in [5.74, 6) is -0.705. The molecule has 2 aromatic rings. The fourth-order valence-corrected chi connectivity index (χ4v) is 1.71. The number of nitrogens with one attached hydrogen (secondary N) is 2. The van der Waals surface area contributed by atoms with Gasteiger partial charge in [0, 0.05) is 12.7 Å². The normalized spacial score (nSPS) is 9.82. The zero-order chi connectivity index (χ0) is 15.8. The number of carbonyl (C=O) groups is 2. The average Bonchev–Trinajstić information content (AvgIpc) is 2.58. The summed E-state index contributed by atoms with van der Waals surface area (Å²) in [6, 6.07) is 10.2. The van der Waals surface area contributed by atoms with E-state index >= 15 is 0 Å². The smallest absolute Gasteiger partial charge is 0.270 e. The Balaban J connectivity index is 2.00. The molecule has 0 fully saturated rings. The highest BCUT2D eigenvalue weighted by atomic mass is 16.2. The van der Waals surface area contributed by atoms with Crippen molar-refractivity contribution in [2.45, 2.75) is 6.54 Å². The quantitative estimate of drug-likeness (QED) is 0.788. The van der Waals surface area contributed by atoms with E-state index in [9.17, 15) is 9.59 Å². The van der Waals surface area contributed by atoms with Crippen LogP contribution in [0.15, 0.2) is 55.3 Å². The first-order valence-corrected chi connectivity index (χ1v) is 6.75. The predicted molar refractivity (Wildman–Crippen MR) is 82.2 cm³/mol. The summed E-state index contributed by atoms with van der Waals surface area (Å²) < 4.78 is 0. The molecule has 0 aliphatic rings. The van der Waals surface area contributed by atoms with Crippen LogP contribution in [0.2, 0.25) is 0 Å². The van der Waals surface area contributed by atoms with Crippen molar-refractivity contribution in [1.82, 2.24) is 20.6 Å². The van der Waals surface area contributed by atoms with Crippen LogP contribution in [0, 0.1) is 0 Å². The molecule has 2 aromatic heterocycles. The second kappa shape index (κ2) is 7.68. The molecule has 22 heavy (non-hydrogen) atoms. The summed E-state index contributed by atoms with van der Waals surface area (Å²) in [6.07, 6.45) is 3.23. The van der Waals surface area contributed by atoms with Crippen molar-refractivity contribution in [3.8, 4) is 0 Å². The third-order valence-electron chi connectivity index (χ3n) is 2.78. The number of hydrogen-bond acceptors (Lipinski definition) is 4. The third-order valence-corrected chi connectivity index (χ3v) is 2.78.